The molecule has 2 aromatic carbocycles. The lowest BCUT2D eigenvalue weighted by atomic mass is 10.1. The molecule has 0 aliphatic carbocycles. The van der Waals surface area contributed by atoms with Crippen molar-refractivity contribution in [3.8, 4) is 5.75 Å². The molecule has 0 bridgehead atoms. The standard InChI is InChI=1S/C17H17Cl2NO3/c1-11(13-3-2-4-14(18)8-13)20-9-12-5-6-15(19)16(7-12)23-10-17(21)22/h2-8,11,20H,9-10H2,1H3,(H,21,22)/t11-/m1/s1. The Morgan fingerprint density at radius 2 is 2.04 bits per heavy atom. The summed E-state index contributed by atoms with van der Waals surface area (Å²) in [6.45, 7) is 2.22. The molecule has 0 saturated carbocycles. The lowest BCUT2D eigenvalue weighted by Crippen LogP contribution is -2.18. The highest BCUT2D eigenvalue weighted by Gasteiger charge is 2.08. The Bertz CT molecular complexity index is 691. The highest BCUT2D eigenvalue weighted by molar-refractivity contribution is 6.32. The summed E-state index contributed by atoms with van der Waals surface area (Å²) in [4.78, 5) is 10.6. The molecule has 1 atom stereocenters. The summed E-state index contributed by atoms with van der Waals surface area (Å²) >= 11 is 12.0. The molecule has 0 radical (unpaired) electrons. The molecule has 2 N–H and O–H groups in total. The number of aliphatic carboxylic acids is 1. The molecule has 6 heteroatoms. The Balaban J connectivity index is 2.00. The van der Waals surface area contributed by atoms with Crippen molar-refractivity contribution in [1.82, 2.24) is 5.32 Å². The van der Waals surface area contributed by atoms with Crippen molar-refractivity contribution in [3.63, 3.8) is 0 Å². The highest BCUT2D eigenvalue weighted by Crippen LogP contribution is 2.26. The smallest absolute Gasteiger partial charge is 0.341 e. The van der Waals surface area contributed by atoms with Crippen LogP contribution in [0.2, 0.25) is 10.0 Å². The Labute approximate surface area is 145 Å². The van der Waals surface area contributed by atoms with Crippen LogP contribution in [-0.4, -0.2) is 17.7 Å². The van der Waals surface area contributed by atoms with Gasteiger partial charge in [-0.2, -0.15) is 0 Å². The third kappa shape index (κ3) is 5.43. The van der Waals surface area contributed by atoms with Crippen molar-refractivity contribution >= 4 is 29.2 Å². The number of nitrogens with one attached hydrogen (secondary N) is 1. The van der Waals surface area contributed by atoms with Crippen LogP contribution in [0, 0.1) is 0 Å². The minimum Gasteiger partial charge on any atom is -0.480 e. The Kier molecular flexibility index (Phi) is 6.28. The van der Waals surface area contributed by atoms with Crippen LogP contribution in [0.1, 0.15) is 24.1 Å². The fourth-order valence-corrected chi connectivity index (χ4v) is 2.44. The molecule has 2 rings (SSSR count). The van der Waals surface area contributed by atoms with Gasteiger partial charge in [-0.1, -0.05) is 41.4 Å². The van der Waals surface area contributed by atoms with Gasteiger partial charge >= 0.3 is 5.97 Å². The quantitative estimate of drug-likeness (QED) is 0.778. The van der Waals surface area contributed by atoms with Crippen molar-refractivity contribution in [2.24, 2.45) is 0 Å². The molecule has 23 heavy (non-hydrogen) atoms. The van der Waals surface area contributed by atoms with Crippen molar-refractivity contribution < 1.29 is 14.6 Å². The minimum absolute atomic E-state index is 0.118. The summed E-state index contributed by atoms with van der Waals surface area (Å²) in [7, 11) is 0. The van der Waals surface area contributed by atoms with Gasteiger partial charge in [0.25, 0.3) is 0 Å². The number of hydrogen-bond acceptors (Lipinski definition) is 3. The van der Waals surface area contributed by atoms with Gasteiger partial charge in [-0.15, -0.1) is 0 Å². The van der Waals surface area contributed by atoms with Crippen molar-refractivity contribution in [2.45, 2.75) is 19.5 Å². The third-order valence-corrected chi connectivity index (χ3v) is 3.86. The maximum absolute atomic E-state index is 10.6. The molecule has 0 spiro atoms. The van der Waals surface area contributed by atoms with E-state index in [1.165, 1.54) is 0 Å². The SMILES string of the molecule is C[C@@H](NCc1ccc(Cl)c(OCC(=O)O)c1)c1cccc(Cl)c1. The van der Waals surface area contributed by atoms with Gasteiger partial charge in [-0.25, -0.2) is 4.79 Å². The van der Waals surface area contributed by atoms with Gasteiger partial charge in [0.2, 0.25) is 0 Å². The van der Waals surface area contributed by atoms with E-state index in [1.54, 1.807) is 12.1 Å². The summed E-state index contributed by atoms with van der Waals surface area (Å²) in [5.41, 5.74) is 2.04. The average Bonchev–Trinajstić information content (AvgIpc) is 2.52. The normalized spacial score (nSPS) is 12.0. The predicted molar refractivity (Wildman–Crippen MR) is 91.3 cm³/mol. The van der Waals surface area contributed by atoms with E-state index in [1.807, 2.05) is 37.3 Å². The first-order chi connectivity index (χ1) is 11.0. The molecule has 0 fully saturated rings. The Morgan fingerprint density at radius 3 is 2.74 bits per heavy atom. The first-order valence-electron chi connectivity index (χ1n) is 7.07. The fraction of sp³-hybridized carbons (Fsp3) is 0.235. The van der Waals surface area contributed by atoms with Crippen LogP contribution in [0.15, 0.2) is 42.5 Å². The second-order valence-corrected chi connectivity index (χ2v) is 5.95. The Morgan fingerprint density at radius 1 is 1.26 bits per heavy atom. The molecular formula is C17H17Cl2NO3. The molecule has 0 heterocycles. The zero-order valence-electron chi connectivity index (χ0n) is 12.6. The molecule has 0 aliphatic rings. The molecule has 0 unspecified atom stereocenters. The predicted octanol–water partition coefficient (Wildman–Crippen LogP) is 4.31. The van der Waals surface area contributed by atoms with Gasteiger partial charge in [0.05, 0.1) is 5.02 Å². The largest absolute Gasteiger partial charge is 0.480 e. The maximum Gasteiger partial charge on any atom is 0.341 e. The molecule has 0 amide bonds. The fourth-order valence-electron chi connectivity index (χ4n) is 2.07. The summed E-state index contributed by atoms with van der Waals surface area (Å²) < 4.78 is 5.17. The van der Waals surface area contributed by atoms with Crippen LogP contribution in [0.4, 0.5) is 0 Å². The average molecular weight is 354 g/mol. The number of ether oxygens (including phenoxy) is 1. The van der Waals surface area contributed by atoms with E-state index in [-0.39, 0.29) is 6.04 Å². The zero-order valence-corrected chi connectivity index (χ0v) is 14.1. The van der Waals surface area contributed by atoms with Crippen LogP contribution in [-0.2, 0) is 11.3 Å². The molecule has 0 saturated heterocycles. The summed E-state index contributed by atoms with van der Waals surface area (Å²) in [5.74, 6) is -0.678. The van der Waals surface area contributed by atoms with Gasteiger partial charge in [0, 0.05) is 17.6 Å². The van der Waals surface area contributed by atoms with E-state index < -0.39 is 12.6 Å². The summed E-state index contributed by atoms with van der Waals surface area (Å²) in [5, 5.41) is 13.1. The molecule has 0 aliphatic heterocycles. The molecule has 2 aromatic rings. The number of carboxylic acid groups (broad SMARTS) is 1. The second-order valence-electron chi connectivity index (χ2n) is 5.10. The maximum atomic E-state index is 10.6. The Hall–Kier alpha value is -1.75. The number of halogens is 2. The first-order valence-corrected chi connectivity index (χ1v) is 7.83. The summed E-state index contributed by atoms with van der Waals surface area (Å²) in [6, 6.07) is 13.1. The molecule has 122 valence electrons. The molecular weight excluding hydrogens is 337 g/mol. The van der Waals surface area contributed by atoms with Crippen LogP contribution in [0.25, 0.3) is 0 Å². The van der Waals surface area contributed by atoms with Gasteiger partial charge in [0.15, 0.2) is 6.61 Å². The van der Waals surface area contributed by atoms with E-state index in [9.17, 15) is 4.79 Å². The second kappa shape index (κ2) is 8.20. The van der Waals surface area contributed by atoms with Crippen LogP contribution < -0.4 is 10.1 Å². The topological polar surface area (TPSA) is 58.6 Å². The molecule has 4 nitrogen and oxygen atoms in total. The monoisotopic (exact) mass is 353 g/mol. The van der Waals surface area contributed by atoms with E-state index in [2.05, 4.69) is 5.32 Å². The first kappa shape index (κ1) is 17.6. The zero-order chi connectivity index (χ0) is 16.8. The number of carbonyl (C=O) groups is 1. The minimum atomic E-state index is -1.04. The van der Waals surface area contributed by atoms with Crippen LogP contribution >= 0.6 is 23.2 Å². The van der Waals surface area contributed by atoms with Crippen LogP contribution in [0.5, 0.6) is 5.75 Å². The summed E-state index contributed by atoms with van der Waals surface area (Å²) in [6.07, 6.45) is 0. The van der Waals surface area contributed by atoms with E-state index in [0.29, 0.717) is 22.3 Å². The van der Waals surface area contributed by atoms with E-state index in [0.717, 1.165) is 11.1 Å². The number of carboxylic acids is 1. The van der Waals surface area contributed by atoms with Crippen LogP contribution in [0.3, 0.4) is 0 Å². The molecule has 0 aromatic heterocycles. The number of benzene rings is 2. The van der Waals surface area contributed by atoms with E-state index >= 15 is 0 Å². The van der Waals surface area contributed by atoms with Crippen molar-refractivity contribution in [1.29, 1.82) is 0 Å². The van der Waals surface area contributed by atoms with E-state index in [4.69, 9.17) is 33.0 Å². The lowest BCUT2D eigenvalue weighted by molar-refractivity contribution is -0.139. The van der Waals surface area contributed by atoms with Gasteiger partial charge in [-0.05, 0) is 42.3 Å². The third-order valence-electron chi connectivity index (χ3n) is 3.31. The number of rotatable bonds is 7. The van der Waals surface area contributed by atoms with Gasteiger partial charge in [-0.3, -0.25) is 0 Å². The van der Waals surface area contributed by atoms with Crippen molar-refractivity contribution in [2.75, 3.05) is 6.61 Å². The van der Waals surface area contributed by atoms with Gasteiger partial charge < -0.3 is 15.2 Å². The highest BCUT2D eigenvalue weighted by atomic mass is 35.5. The number of hydrogen-bond donors (Lipinski definition) is 2. The van der Waals surface area contributed by atoms with Crippen molar-refractivity contribution in [3.05, 3.63) is 63.6 Å². The van der Waals surface area contributed by atoms with Gasteiger partial charge in [0.1, 0.15) is 5.75 Å². The lowest BCUT2D eigenvalue weighted by Gasteiger charge is -2.15.